The second-order valence-electron chi connectivity index (χ2n) is 8.67. The zero-order valence-corrected chi connectivity index (χ0v) is 18.6. The smallest absolute Gasteiger partial charge is 0.253 e. The van der Waals surface area contributed by atoms with Gasteiger partial charge in [-0.05, 0) is 41.0 Å². The van der Waals surface area contributed by atoms with Crippen LogP contribution in [0.25, 0.3) is 11.1 Å². The van der Waals surface area contributed by atoms with Crippen molar-refractivity contribution in [3.8, 4) is 16.9 Å². The van der Waals surface area contributed by atoms with Gasteiger partial charge in [-0.1, -0.05) is 54.6 Å². The van der Waals surface area contributed by atoms with E-state index >= 15 is 0 Å². The second-order valence-corrected chi connectivity index (χ2v) is 8.67. The van der Waals surface area contributed by atoms with Gasteiger partial charge < -0.3 is 20.2 Å². The predicted molar refractivity (Wildman–Crippen MR) is 127 cm³/mol. The summed E-state index contributed by atoms with van der Waals surface area (Å²) in [5.41, 5.74) is 3.51. The van der Waals surface area contributed by atoms with Gasteiger partial charge >= 0.3 is 0 Å². The number of aromatic hydroxyl groups is 1. The van der Waals surface area contributed by atoms with E-state index in [0.29, 0.717) is 25.1 Å². The van der Waals surface area contributed by atoms with Gasteiger partial charge in [0, 0.05) is 25.1 Å². The highest BCUT2D eigenvalue weighted by molar-refractivity contribution is 5.99. The predicted octanol–water partition coefficient (Wildman–Crippen LogP) is 2.45. The number of nitrogens with zero attached hydrogens (tertiary/aromatic N) is 2. The van der Waals surface area contributed by atoms with Crippen LogP contribution in [0, 0.1) is 0 Å². The highest BCUT2D eigenvalue weighted by Gasteiger charge is 2.44. The first-order chi connectivity index (χ1) is 16.5. The molecule has 0 saturated carbocycles. The van der Waals surface area contributed by atoms with E-state index in [1.54, 1.807) is 46.2 Å². The summed E-state index contributed by atoms with van der Waals surface area (Å²) in [4.78, 5) is 42.3. The van der Waals surface area contributed by atoms with Crippen LogP contribution in [0.4, 0.5) is 0 Å². The Labute approximate surface area is 197 Å². The van der Waals surface area contributed by atoms with Crippen LogP contribution in [0.3, 0.4) is 0 Å². The number of piperazine rings is 2. The van der Waals surface area contributed by atoms with Crippen LogP contribution >= 0.6 is 0 Å². The fraction of sp³-hybridized carbons (Fsp3) is 0.222. The van der Waals surface area contributed by atoms with Crippen molar-refractivity contribution in [2.24, 2.45) is 0 Å². The molecule has 0 aromatic heterocycles. The molecule has 2 heterocycles. The average Bonchev–Trinajstić information content (AvgIpc) is 2.88. The maximum Gasteiger partial charge on any atom is 0.253 e. The molecule has 0 spiro atoms. The fourth-order valence-electron chi connectivity index (χ4n) is 4.61. The van der Waals surface area contributed by atoms with Gasteiger partial charge in [-0.15, -0.1) is 0 Å². The molecule has 7 heteroatoms. The van der Waals surface area contributed by atoms with E-state index < -0.39 is 12.1 Å². The second kappa shape index (κ2) is 9.02. The number of rotatable bonds is 4. The highest BCUT2D eigenvalue weighted by Crippen LogP contribution is 2.23. The number of amides is 3. The van der Waals surface area contributed by atoms with E-state index in [9.17, 15) is 19.5 Å². The standard InChI is InChI=1S/C27H25N3O4/c31-22-12-6-18(7-13-22)16-23-27(34)30-15-14-29(17-24(30)25(32)28-23)26(33)21-10-8-20(9-11-21)19-4-2-1-3-5-19/h1-13,23-24,31H,14-17H2,(H,28,32)/t23-,24-/m1/s1. The molecular weight excluding hydrogens is 430 g/mol. The zero-order valence-electron chi connectivity index (χ0n) is 18.6. The number of carbonyl (C=O) groups is 3. The van der Waals surface area contributed by atoms with Crippen LogP contribution in [0.1, 0.15) is 15.9 Å². The lowest BCUT2D eigenvalue weighted by Crippen LogP contribution is -2.70. The van der Waals surface area contributed by atoms with E-state index in [4.69, 9.17) is 0 Å². The monoisotopic (exact) mass is 455 g/mol. The van der Waals surface area contributed by atoms with Gasteiger partial charge in [-0.3, -0.25) is 14.4 Å². The third-order valence-corrected chi connectivity index (χ3v) is 6.48. The third-order valence-electron chi connectivity index (χ3n) is 6.48. The molecule has 2 fully saturated rings. The summed E-state index contributed by atoms with van der Waals surface area (Å²) in [6.07, 6.45) is 0.352. The Bertz CT molecular complexity index is 1210. The molecule has 0 bridgehead atoms. The molecule has 0 radical (unpaired) electrons. The Morgan fingerprint density at radius 1 is 0.882 bits per heavy atom. The molecule has 2 saturated heterocycles. The number of phenols is 1. The molecule has 2 N–H and O–H groups in total. The van der Waals surface area contributed by atoms with E-state index in [1.807, 2.05) is 42.5 Å². The molecule has 3 aromatic rings. The van der Waals surface area contributed by atoms with Crippen molar-refractivity contribution in [3.63, 3.8) is 0 Å². The fourth-order valence-corrected chi connectivity index (χ4v) is 4.61. The lowest BCUT2D eigenvalue weighted by Gasteiger charge is -2.45. The summed E-state index contributed by atoms with van der Waals surface area (Å²) < 4.78 is 0. The maximum absolute atomic E-state index is 13.1. The Balaban J connectivity index is 1.25. The summed E-state index contributed by atoms with van der Waals surface area (Å²) in [6, 6.07) is 22.6. The summed E-state index contributed by atoms with van der Waals surface area (Å²) in [7, 11) is 0. The van der Waals surface area contributed by atoms with Crippen LogP contribution in [-0.4, -0.2) is 64.3 Å². The number of fused-ring (bicyclic) bond motifs is 1. The van der Waals surface area contributed by atoms with Crippen LogP contribution in [0.15, 0.2) is 78.9 Å². The van der Waals surface area contributed by atoms with Crippen molar-refractivity contribution in [3.05, 3.63) is 90.0 Å². The SMILES string of the molecule is O=C1N[C@H](Cc2ccc(O)cc2)C(=O)N2CCN(C(=O)c3ccc(-c4ccccc4)cc3)C[C@H]12. The quantitative estimate of drug-likeness (QED) is 0.633. The largest absolute Gasteiger partial charge is 0.508 e. The number of hydrogen-bond acceptors (Lipinski definition) is 4. The minimum atomic E-state index is -0.690. The Morgan fingerprint density at radius 2 is 1.56 bits per heavy atom. The number of nitrogens with one attached hydrogen (secondary N) is 1. The highest BCUT2D eigenvalue weighted by atomic mass is 16.3. The summed E-state index contributed by atoms with van der Waals surface area (Å²) in [5.74, 6) is -0.388. The van der Waals surface area contributed by atoms with Crippen LogP contribution in [0.2, 0.25) is 0 Å². The third kappa shape index (κ3) is 4.24. The van der Waals surface area contributed by atoms with Crippen molar-refractivity contribution < 1.29 is 19.5 Å². The molecule has 2 aliphatic rings. The lowest BCUT2D eigenvalue weighted by molar-refractivity contribution is -0.152. The zero-order chi connectivity index (χ0) is 23.7. The molecule has 3 aromatic carbocycles. The Morgan fingerprint density at radius 3 is 2.26 bits per heavy atom. The van der Waals surface area contributed by atoms with Gasteiger partial charge in [-0.2, -0.15) is 0 Å². The van der Waals surface area contributed by atoms with Crippen molar-refractivity contribution in [1.29, 1.82) is 0 Å². The number of benzene rings is 3. The normalized spacial score (nSPS) is 20.0. The molecule has 7 nitrogen and oxygen atoms in total. The van der Waals surface area contributed by atoms with Crippen LogP contribution < -0.4 is 5.32 Å². The first-order valence-electron chi connectivity index (χ1n) is 11.3. The van der Waals surface area contributed by atoms with Crippen LogP contribution in [0.5, 0.6) is 5.75 Å². The molecule has 2 aliphatic heterocycles. The van der Waals surface area contributed by atoms with E-state index in [2.05, 4.69) is 5.32 Å². The summed E-state index contributed by atoms with van der Waals surface area (Å²) in [6.45, 7) is 0.861. The summed E-state index contributed by atoms with van der Waals surface area (Å²) >= 11 is 0. The average molecular weight is 456 g/mol. The lowest BCUT2D eigenvalue weighted by atomic mass is 9.98. The molecule has 2 atom stereocenters. The maximum atomic E-state index is 13.1. The van der Waals surface area contributed by atoms with Gasteiger partial charge in [0.1, 0.15) is 17.8 Å². The Kier molecular flexibility index (Phi) is 5.76. The molecule has 172 valence electrons. The molecular formula is C27H25N3O4. The van der Waals surface area contributed by atoms with Crippen molar-refractivity contribution in [2.45, 2.75) is 18.5 Å². The van der Waals surface area contributed by atoms with Gasteiger partial charge in [0.25, 0.3) is 5.91 Å². The van der Waals surface area contributed by atoms with Gasteiger partial charge in [0.15, 0.2) is 0 Å². The first-order valence-corrected chi connectivity index (χ1v) is 11.3. The minimum Gasteiger partial charge on any atom is -0.508 e. The van der Waals surface area contributed by atoms with Gasteiger partial charge in [-0.25, -0.2) is 0 Å². The first kappa shape index (κ1) is 21.7. The number of phenolic OH excluding ortho intramolecular Hbond substituents is 1. The van der Waals surface area contributed by atoms with Crippen molar-refractivity contribution in [2.75, 3.05) is 19.6 Å². The topological polar surface area (TPSA) is 89.9 Å². The number of hydrogen-bond donors (Lipinski definition) is 2. The number of carbonyl (C=O) groups excluding carboxylic acids is 3. The van der Waals surface area contributed by atoms with Gasteiger partial charge in [0.2, 0.25) is 11.8 Å². The van der Waals surface area contributed by atoms with Crippen molar-refractivity contribution in [1.82, 2.24) is 15.1 Å². The molecule has 0 aliphatic carbocycles. The molecule has 3 amide bonds. The van der Waals surface area contributed by atoms with E-state index in [1.165, 1.54) is 0 Å². The molecule has 34 heavy (non-hydrogen) atoms. The minimum absolute atomic E-state index is 0.142. The van der Waals surface area contributed by atoms with Gasteiger partial charge in [0.05, 0.1) is 6.54 Å². The summed E-state index contributed by atoms with van der Waals surface area (Å²) in [5, 5.41) is 12.3. The molecule has 5 rings (SSSR count). The van der Waals surface area contributed by atoms with E-state index in [0.717, 1.165) is 16.7 Å². The Hall–Kier alpha value is -4.13. The van der Waals surface area contributed by atoms with E-state index in [-0.39, 0.29) is 30.0 Å². The molecule has 0 unspecified atom stereocenters. The van der Waals surface area contributed by atoms with Crippen LogP contribution in [-0.2, 0) is 16.0 Å². The van der Waals surface area contributed by atoms with Crippen molar-refractivity contribution >= 4 is 17.7 Å².